The van der Waals surface area contributed by atoms with Crippen molar-refractivity contribution < 1.29 is 9.90 Å². The first-order valence-corrected chi connectivity index (χ1v) is 9.29. The maximum Gasteiger partial charge on any atom is 0.178 e. The van der Waals surface area contributed by atoms with Crippen LogP contribution in [0.3, 0.4) is 0 Å². The highest BCUT2D eigenvalue weighted by Crippen LogP contribution is 2.62. The second kappa shape index (κ2) is 3.47. The molecule has 3 bridgehead atoms. The van der Waals surface area contributed by atoms with E-state index in [1.165, 1.54) is 5.57 Å². The molecule has 5 heterocycles. The van der Waals surface area contributed by atoms with E-state index in [1.54, 1.807) is 11.8 Å². The normalized spacial score (nSPS) is 35.3. The fraction of sp³-hybridized carbons (Fsp3) is 0.389. The first-order chi connectivity index (χ1) is 11.7. The van der Waals surface area contributed by atoms with Crippen molar-refractivity contribution in [2.75, 3.05) is 11.4 Å². The lowest BCUT2D eigenvalue weighted by Crippen LogP contribution is -2.58. The number of rotatable bonds is 0. The Labute approximate surface area is 141 Å². The van der Waals surface area contributed by atoms with Gasteiger partial charge in [-0.05, 0) is 30.9 Å². The van der Waals surface area contributed by atoms with Gasteiger partial charge < -0.3 is 10.0 Å². The molecule has 6 heteroatoms. The molecule has 7 rings (SSSR count). The summed E-state index contributed by atoms with van der Waals surface area (Å²) in [6, 6.07) is -0.0673. The number of fused-ring (bicyclic) bond motifs is 3. The third-order valence-corrected chi connectivity index (χ3v) is 7.81. The van der Waals surface area contributed by atoms with Gasteiger partial charge in [-0.1, -0.05) is 0 Å². The summed E-state index contributed by atoms with van der Waals surface area (Å²) in [5.74, 6) is 0.463. The van der Waals surface area contributed by atoms with Crippen molar-refractivity contribution in [1.29, 1.82) is 0 Å². The van der Waals surface area contributed by atoms with Gasteiger partial charge in [0.25, 0.3) is 0 Å². The summed E-state index contributed by atoms with van der Waals surface area (Å²) in [6.07, 6.45) is 6.42. The topological polar surface area (TPSA) is 65.3 Å². The van der Waals surface area contributed by atoms with E-state index in [2.05, 4.69) is 9.89 Å². The number of hydrogen-bond acceptors (Lipinski definition) is 6. The van der Waals surface area contributed by atoms with Gasteiger partial charge in [-0.25, -0.2) is 0 Å². The van der Waals surface area contributed by atoms with Crippen molar-refractivity contribution in [3.05, 3.63) is 27.1 Å². The summed E-state index contributed by atoms with van der Waals surface area (Å²) in [7, 11) is 0. The summed E-state index contributed by atoms with van der Waals surface area (Å²) < 4.78 is 0. The molecule has 1 aromatic rings. The van der Waals surface area contributed by atoms with Crippen molar-refractivity contribution in [2.24, 2.45) is 9.98 Å². The summed E-state index contributed by atoms with van der Waals surface area (Å²) in [5.41, 5.74) is 4.03. The fourth-order valence-electron chi connectivity index (χ4n) is 5.57. The molecule has 5 aliphatic heterocycles. The van der Waals surface area contributed by atoms with Crippen LogP contribution < -0.4 is 15.5 Å². The number of aliphatic imine (C=N–C) groups is 1. The number of aromatic hydroxyl groups is 1. The van der Waals surface area contributed by atoms with Crippen LogP contribution in [0.25, 0.3) is 5.57 Å². The molecule has 3 unspecified atom stereocenters. The molecular formula is C18H13N3O2S. The molecule has 24 heavy (non-hydrogen) atoms. The maximum absolute atomic E-state index is 12.8. The second-order valence-electron chi connectivity index (χ2n) is 7.49. The molecule has 0 amide bonds. The molecule has 1 saturated heterocycles. The van der Waals surface area contributed by atoms with E-state index in [9.17, 15) is 9.90 Å². The Morgan fingerprint density at radius 1 is 1.38 bits per heavy atom. The number of allylic oxidation sites excluding steroid dienone is 1. The molecule has 6 aliphatic rings. The van der Waals surface area contributed by atoms with E-state index in [0.717, 1.165) is 52.5 Å². The van der Waals surface area contributed by atoms with E-state index in [4.69, 9.17) is 4.99 Å². The molecule has 3 atom stereocenters. The first-order valence-electron chi connectivity index (χ1n) is 8.41. The molecule has 1 aliphatic carbocycles. The Balaban J connectivity index is 1.78. The Hall–Kier alpha value is -2.08. The predicted molar refractivity (Wildman–Crippen MR) is 91.6 cm³/mol. The number of phenolic OH excluding ortho intramolecular Hbond substituents is 1. The number of ketones is 1. The van der Waals surface area contributed by atoms with Gasteiger partial charge in [0.05, 0.1) is 11.7 Å². The fourth-order valence-corrected chi connectivity index (χ4v) is 7.07. The highest BCUT2D eigenvalue weighted by Gasteiger charge is 2.59. The standard InChI is InChI=1S/C18H13N3O2S/c22-9-3-10-18-4-8(9)21-2-1-7-6-19-14-12(7)16(21)13(18)15(17(14)23)20-11(5-18)24-10/h3,6,8,11,23H,1-2,4-5H2. The predicted octanol–water partition coefficient (Wildman–Crippen LogP) is 1.04. The number of hydrogen-bond donors (Lipinski definition) is 1. The highest BCUT2D eigenvalue weighted by atomic mass is 32.2. The minimum absolute atomic E-state index is 0.0673. The second-order valence-corrected chi connectivity index (χ2v) is 8.71. The number of carbonyl (C=O) groups excluding carboxylic acids is 1. The Morgan fingerprint density at radius 2 is 2.29 bits per heavy atom. The zero-order valence-corrected chi connectivity index (χ0v) is 13.6. The van der Waals surface area contributed by atoms with E-state index in [-0.39, 0.29) is 28.4 Å². The van der Waals surface area contributed by atoms with Gasteiger partial charge in [-0.3, -0.25) is 14.8 Å². The summed E-state index contributed by atoms with van der Waals surface area (Å²) in [5, 5.41) is 12.8. The monoisotopic (exact) mass is 335 g/mol. The minimum Gasteiger partial charge on any atom is -0.504 e. The van der Waals surface area contributed by atoms with Gasteiger partial charge in [-0.15, -0.1) is 11.8 Å². The average Bonchev–Trinajstić information content (AvgIpc) is 3.11. The van der Waals surface area contributed by atoms with Crippen LogP contribution in [-0.4, -0.2) is 35.1 Å². The summed E-state index contributed by atoms with van der Waals surface area (Å²) >= 11 is 1.71. The van der Waals surface area contributed by atoms with Crippen molar-refractivity contribution in [3.8, 4) is 5.75 Å². The molecule has 0 radical (unpaired) electrons. The van der Waals surface area contributed by atoms with Crippen molar-refractivity contribution in [3.63, 3.8) is 0 Å². The zero-order chi connectivity index (χ0) is 15.8. The molecule has 0 aromatic heterocycles. The van der Waals surface area contributed by atoms with E-state index >= 15 is 0 Å². The number of anilines is 1. The summed E-state index contributed by atoms with van der Waals surface area (Å²) in [4.78, 5) is 25.6. The molecule has 1 N–H and O–H groups in total. The van der Waals surface area contributed by atoms with E-state index in [1.807, 2.05) is 12.3 Å². The molecular weight excluding hydrogens is 322 g/mol. The number of nitrogens with zero attached hydrogens (tertiary/aromatic N) is 3. The maximum atomic E-state index is 12.8. The van der Waals surface area contributed by atoms with Gasteiger partial charge in [0.15, 0.2) is 11.5 Å². The summed E-state index contributed by atoms with van der Waals surface area (Å²) in [6.45, 7) is 0.844. The molecule has 1 spiro atoms. The van der Waals surface area contributed by atoms with E-state index < -0.39 is 0 Å². The lowest BCUT2D eigenvalue weighted by molar-refractivity contribution is -0.117. The number of benzene rings is 1. The quantitative estimate of drug-likeness (QED) is 0.769. The smallest absolute Gasteiger partial charge is 0.178 e. The van der Waals surface area contributed by atoms with Crippen molar-refractivity contribution in [1.82, 2.24) is 0 Å². The van der Waals surface area contributed by atoms with Gasteiger partial charge in [-0.2, -0.15) is 0 Å². The molecule has 118 valence electrons. The molecule has 0 saturated carbocycles. The minimum atomic E-state index is -0.117. The van der Waals surface area contributed by atoms with Crippen LogP contribution >= 0.6 is 11.8 Å². The van der Waals surface area contributed by atoms with Crippen LogP contribution in [0.1, 0.15) is 24.8 Å². The Kier molecular flexibility index (Phi) is 1.78. The van der Waals surface area contributed by atoms with Crippen LogP contribution in [-0.2, 0) is 10.2 Å². The van der Waals surface area contributed by atoms with Crippen LogP contribution in [0.5, 0.6) is 5.75 Å². The molecule has 1 aromatic carbocycles. The number of thioether (sulfide) groups is 1. The first kappa shape index (κ1) is 12.3. The van der Waals surface area contributed by atoms with Crippen molar-refractivity contribution in [2.45, 2.75) is 36.1 Å². The van der Waals surface area contributed by atoms with Gasteiger partial charge in [0, 0.05) is 33.9 Å². The van der Waals surface area contributed by atoms with Gasteiger partial charge >= 0.3 is 0 Å². The third-order valence-electron chi connectivity index (χ3n) is 6.50. The molecule has 1 fully saturated rings. The number of phenols is 1. The number of carbonyl (C=O) groups is 1. The van der Waals surface area contributed by atoms with Gasteiger partial charge in [0.1, 0.15) is 16.4 Å². The lowest BCUT2D eigenvalue weighted by atomic mass is 9.64. The van der Waals surface area contributed by atoms with Gasteiger partial charge in [0.2, 0.25) is 0 Å². The van der Waals surface area contributed by atoms with E-state index in [0.29, 0.717) is 5.69 Å². The Bertz CT molecular complexity index is 1100. The SMILES string of the molecule is O=C1C=C2SC3CC24CC1N1CCC2=c5c(c(O)c(c4c51)=N3)N=C2. The van der Waals surface area contributed by atoms with Crippen LogP contribution in [0, 0.1) is 0 Å². The largest absolute Gasteiger partial charge is 0.504 e. The average molecular weight is 335 g/mol. The van der Waals surface area contributed by atoms with Crippen molar-refractivity contribution >= 4 is 40.7 Å². The lowest BCUT2D eigenvalue weighted by Gasteiger charge is -2.50. The van der Waals surface area contributed by atoms with Crippen LogP contribution in [0.4, 0.5) is 11.4 Å². The highest BCUT2D eigenvalue weighted by molar-refractivity contribution is 8.04. The van der Waals surface area contributed by atoms with Crippen LogP contribution in [0.15, 0.2) is 21.0 Å². The third kappa shape index (κ3) is 1.06. The zero-order valence-electron chi connectivity index (χ0n) is 12.7. The van der Waals surface area contributed by atoms with Crippen LogP contribution in [0.2, 0.25) is 0 Å². The molecule has 5 nitrogen and oxygen atoms in total. The Morgan fingerprint density at radius 3 is 3.21 bits per heavy atom.